The summed E-state index contributed by atoms with van der Waals surface area (Å²) in [6.07, 6.45) is 8.44. The largest absolute Gasteiger partial charge is 0.317 e. The van der Waals surface area contributed by atoms with E-state index in [0.29, 0.717) is 0 Å². The molecule has 0 aromatic rings. The van der Waals surface area contributed by atoms with E-state index in [-0.39, 0.29) is 0 Å². The summed E-state index contributed by atoms with van der Waals surface area (Å²) in [5.74, 6) is 3.22. The molecular weight excluding hydrogens is 264 g/mol. The zero-order valence-corrected chi connectivity index (χ0v) is 14.6. The van der Waals surface area contributed by atoms with Crippen LogP contribution in [0.2, 0.25) is 0 Å². The molecule has 0 aromatic heterocycles. The zero-order chi connectivity index (χ0) is 14.4. The van der Waals surface area contributed by atoms with Crippen molar-refractivity contribution in [2.75, 3.05) is 32.4 Å². The molecule has 0 aromatic carbocycles. The summed E-state index contributed by atoms with van der Waals surface area (Å²) in [6.45, 7) is 8.66. The Kier molecular flexibility index (Phi) is 7.20. The van der Waals surface area contributed by atoms with Crippen LogP contribution in [0.5, 0.6) is 0 Å². The summed E-state index contributed by atoms with van der Waals surface area (Å²) in [5.41, 5.74) is 0. The first-order valence-electron chi connectivity index (χ1n) is 8.78. The monoisotopic (exact) mass is 298 g/mol. The average molecular weight is 299 g/mol. The van der Waals surface area contributed by atoms with Gasteiger partial charge in [0, 0.05) is 36.7 Å². The van der Waals surface area contributed by atoms with Crippen molar-refractivity contribution in [3.05, 3.63) is 0 Å². The SMILES string of the molecule is CCCC1CCC(NC)C(CN2CCSC(CC)C2)C1. The third kappa shape index (κ3) is 4.64. The first-order chi connectivity index (χ1) is 9.76. The van der Waals surface area contributed by atoms with E-state index in [9.17, 15) is 0 Å². The molecule has 1 heterocycles. The minimum Gasteiger partial charge on any atom is -0.317 e. The Balaban J connectivity index is 1.86. The first kappa shape index (κ1) is 16.6. The third-order valence-electron chi connectivity index (χ3n) is 5.33. The average Bonchev–Trinajstić information content (AvgIpc) is 2.48. The molecule has 0 bridgehead atoms. The Morgan fingerprint density at radius 1 is 1.25 bits per heavy atom. The molecule has 0 amide bonds. The number of nitrogens with one attached hydrogen (secondary N) is 1. The van der Waals surface area contributed by atoms with E-state index in [0.717, 1.165) is 23.1 Å². The fraction of sp³-hybridized carbons (Fsp3) is 1.00. The van der Waals surface area contributed by atoms with Crippen LogP contribution < -0.4 is 5.32 Å². The van der Waals surface area contributed by atoms with Crippen LogP contribution in [-0.4, -0.2) is 48.6 Å². The summed E-state index contributed by atoms with van der Waals surface area (Å²) in [7, 11) is 2.17. The van der Waals surface area contributed by atoms with E-state index in [2.05, 4.69) is 42.9 Å². The van der Waals surface area contributed by atoms with E-state index < -0.39 is 0 Å². The number of rotatable bonds is 6. The minimum atomic E-state index is 0.762. The lowest BCUT2D eigenvalue weighted by Crippen LogP contribution is -2.47. The van der Waals surface area contributed by atoms with Crippen LogP contribution in [0.25, 0.3) is 0 Å². The molecule has 2 nitrogen and oxygen atoms in total. The molecule has 3 heteroatoms. The van der Waals surface area contributed by atoms with Crippen LogP contribution in [0.15, 0.2) is 0 Å². The molecule has 1 N–H and O–H groups in total. The Labute approximate surface area is 130 Å². The molecule has 0 spiro atoms. The van der Waals surface area contributed by atoms with E-state index in [1.807, 2.05) is 0 Å². The van der Waals surface area contributed by atoms with E-state index in [4.69, 9.17) is 0 Å². The Hall–Kier alpha value is 0.270. The van der Waals surface area contributed by atoms with Crippen molar-refractivity contribution in [2.24, 2.45) is 11.8 Å². The fourth-order valence-corrected chi connectivity index (χ4v) is 5.39. The molecule has 2 rings (SSSR count). The molecule has 1 saturated heterocycles. The second kappa shape index (κ2) is 8.65. The van der Waals surface area contributed by atoms with Gasteiger partial charge < -0.3 is 10.2 Å². The molecule has 0 radical (unpaired) electrons. The topological polar surface area (TPSA) is 15.3 Å². The summed E-state index contributed by atoms with van der Waals surface area (Å²) >= 11 is 2.19. The van der Waals surface area contributed by atoms with Crippen molar-refractivity contribution in [3.63, 3.8) is 0 Å². The van der Waals surface area contributed by atoms with Gasteiger partial charge >= 0.3 is 0 Å². The van der Waals surface area contributed by atoms with Crippen LogP contribution in [0, 0.1) is 11.8 Å². The lowest BCUT2D eigenvalue weighted by molar-refractivity contribution is 0.141. The van der Waals surface area contributed by atoms with Gasteiger partial charge in [-0.15, -0.1) is 0 Å². The maximum absolute atomic E-state index is 3.60. The lowest BCUT2D eigenvalue weighted by Gasteiger charge is -2.41. The Morgan fingerprint density at radius 3 is 2.80 bits per heavy atom. The number of hydrogen-bond donors (Lipinski definition) is 1. The first-order valence-corrected chi connectivity index (χ1v) is 9.82. The van der Waals surface area contributed by atoms with Gasteiger partial charge in [0.1, 0.15) is 0 Å². The van der Waals surface area contributed by atoms with Crippen LogP contribution in [0.4, 0.5) is 0 Å². The normalized spacial score (nSPS) is 36.1. The predicted octanol–water partition coefficient (Wildman–Crippen LogP) is 3.62. The highest BCUT2D eigenvalue weighted by molar-refractivity contribution is 8.00. The summed E-state index contributed by atoms with van der Waals surface area (Å²) < 4.78 is 0. The van der Waals surface area contributed by atoms with Crippen LogP contribution >= 0.6 is 11.8 Å². The number of nitrogens with zero attached hydrogens (tertiary/aromatic N) is 1. The minimum absolute atomic E-state index is 0.762. The van der Waals surface area contributed by atoms with Crippen LogP contribution in [0.1, 0.15) is 52.4 Å². The maximum atomic E-state index is 3.60. The molecule has 2 aliphatic rings. The van der Waals surface area contributed by atoms with E-state index in [1.54, 1.807) is 0 Å². The van der Waals surface area contributed by atoms with Crippen molar-refractivity contribution in [3.8, 4) is 0 Å². The zero-order valence-electron chi connectivity index (χ0n) is 13.7. The second-order valence-corrected chi connectivity index (χ2v) is 8.19. The Morgan fingerprint density at radius 2 is 2.10 bits per heavy atom. The fourth-order valence-electron chi connectivity index (χ4n) is 4.14. The second-order valence-electron chi connectivity index (χ2n) is 6.78. The van der Waals surface area contributed by atoms with Crippen molar-refractivity contribution in [2.45, 2.75) is 63.7 Å². The standard InChI is InChI=1S/C17H34N2S/c1-4-6-14-7-8-17(18-3)15(11-14)12-19-9-10-20-16(5-2)13-19/h14-18H,4-13H2,1-3H3. The van der Waals surface area contributed by atoms with Crippen molar-refractivity contribution < 1.29 is 0 Å². The highest BCUT2D eigenvalue weighted by atomic mass is 32.2. The summed E-state index contributed by atoms with van der Waals surface area (Å²) in [6, 6.07) is 0.762. The van der Waals surface area contributed by atoms with Gasteiger partial charge in [-0.1, -0.05) is 26.7 Å². The Bertz CT molecular complexity index is 272. The highest BCUT2D eigenvalue weighted by Gasteiger charge is 2.31. The molecule has 4 unspecified atom stereocenters. The molecule has 4 atom stereocenters. The number of hydrogen-bond acceptors (Lipinski definition) is 3. The van der Waals surface area contributed by atoms with Gasteiger partial charge in [-0.2, -0.15) is 11.8 Å². The van der Waals surface area contributed by atoms with Gasteiger partial charge in [-0.25, -0.2) is 0 Å². The van der Waals surface area contributed by atoms with Gasteiger partial charge in [0.15, 0.2) is 0 Å². The molecule has 1 saturated carbocycles. The van der Waals surface area contributed by atoms with Gasteiger partial charge in [-0.3, -0.25) is 0 Å². The lowest BCUT2D eigenvalue weighted by atomic mass is 9.76. The molecule has 118 valence electrons. The van der Waals surface area contributed by atoms with Crippen LogP contribution in [-0.2, 0) is 0 Å². The summed E-state index contributed by atoms with van der Waals surface area (Å²) in [4.78, 5) is 2.76. The van der Waals surface area contributed by atoms with Gasteiger partial charge in [0.05, 0.1) is 0 Å². The smallest absolute Gasteiger partial charge is 0.0172 e. The number of thioether (sulfide) groups is 1. The van der Waals surface area contributed by atoms with Crippen molar-refractivity contribution in [1.82, 2.24) is 10.2 Å². The van der Waals surface area contributed by atoms with E-state index >= 15 is 0 Å². The molecular formula is C17H34N2S. The molecule has 2 fully saturated rings. The molecule has 1 aliphatic heterocycles. The van der Waals surface area contributed by atoms with Gasteiger partial charge in [0.2, 0.25) is 0 Å². The summed E-state index contributed by atoms with van der Waals surface area (Å²) in [5, 5.41) is 4.48. The van der Waals surface area contributed by atoms with E-state index in [1.165, 1.54) is 63.9 Å². The van der Waals surface area contributed by atoms with Crippen LogP contribution in [0.3, 0.4) is 0 Å². The van der Waals surface area contributed by atoms with Crippen molar-refractivity contribution in [1.29, 1.82) is 0 Å². The molecule has 1 aliphatic carbocycles. The molecule has 20 heavy (non-hydrogen) atoms. The van der Waals surface area contributed by atoms with Gasteiger partial charge in [-0.05, 0) is 44.6 Å². The maximum Gasteiger partial charge on any atom is 0.0172 e. The third-order valence-corrected chi connectivity index (χ3v) is 6.70. The van der Waals surface area contributed by atoms with Gasteiger partial charge in [0.25, 0.3) is 0 Å². The predicted molar refractivity (Wildman–Crippen MR) is 91.6 cm³/mol. The van der Waals surface area contributed by atoms with Crippen molar-refractivity contribution >= 4 is 11.8 Å². The highest BCUT2D eigenvalue weighted by Crippen LogP contribution is 2.33. The quantitative estimate of drug-likeness (QED) is 0.806.